The van der Waals surface area contributed by atoms with Crippen molar-refractivity contribution in [3.05, 3.63) is 11.3 Å². The highest BCUT2D eigenvalue weighted by Crippen LogP contribution is 2.44. The van der Waals surface area contributed by atoms with E-state index in [1.165, 1.54) is 0 Å². The molecule has 2 rings (SSSR count). The van der Waals surface area contributed by atoms with E-state index in [0.29, 0.717) is 18.8 Å². The van der Waals surface area contributed by atoms with E-state index < -0.39 is 5.79 Å². The summed E-state index contributed by atoms with van der Waals surface area (Å²) in [6, 6.07) is 0. The molecule has 4 heteroatoms. The quantitative estimate of drug-likeness (QED) is 0.837. The third kappa shape index (κ3) is 4.03. The monoisotopic (exact) mass is 311 g/mol. The number of aliphatic hydroxyl groups excluding tert-OH is 1. The van der Waals surface area contributed by atoms with Crippen molar-refractivity contribution in [2.75, 3.05) is 26.2 Å². The summed E-state index contributed by atoms with van der Waals surface area (Å²) in [6.07, 6.45) is 3.48. The van der Waals surface area contributed by atoms with Gasteiger partial charge in [0, 0.05) is 13.0 Å². The van der Waals surface area contributed by atoms with Crippen LogP contribution < -0.4 is 0 Å². The van der Waals surface area contributed by atoms with E-state index in [9.17, 15) is 5.11 Å². The van der Waals surface area contributed by atoms with Gasteiger partial charge in [0.15, 0.2) is 5.79 Å². The van der Waals surface area contributed by atoms with Crippen LogP contribution in [0.2, 0.25) is 0 Å². The first kappa shape index (κ1) is 17.8. The maximum Gasteiger partial charge on any atom is 0.176 e. The molecule has 1 aliphatic heterocycles. The van der Waals surface area contributed by atoms with Gasteiger partial charge in [-0.3, -0.25) is 0 Å². The molecule has 1 saturated heterocycles. The summed E-state index contributed by atoms with van der Waals surface area (Å²) in [4.78, 5) is 2.41. The molecule has 1 heterocycles. The number of nitrogens with zero attached hydrogens (tertiary/aromatic N) is 1. The summed E-state index contributed by atoms with van der Waals surface area (Å²) >= 11 is 0. The van der Waals surface area contributed by atoms with Crippen LogP contribution in [-0.2, 0) is 9.47 Å². The van der Waals surface area contributed by atoms with E-state index in [0.717, 1.165) is 44.5 Å². The summed E-state index contributed by atoms with van der Waals surface area (Å²) in [7, 11) is 0. The van der Waals surface area contributed by atoms with Gasteiger partial charge >= 0.3 is 0 Å². The predicted octanol–water partition coefficient (Wildman–Crippen LogP) is 3.87. The second-order valence-electron chi connectivity index (χ2n) is 7.71. The van der Waals surface area contributed by atoms with Crippen molar-refractivity contribution >= 4 is 0 Å². The molecule has 2 aliphatic rings. The fraction of sp³-hybridized carbons (Fsp3) is 0.889. The van der Waals surface area contributed by atoms with E-state index in [4.69, 9.17) is 9.47 Å². The second kappa shape index (κ2) is 6.90. The molecule has 2 atom stereocenters. The minimum atomic E-state index is -0.588. The Morgan fingerprint density at radius 3 is 2.59 bits per heavy atom. The number of ether oxygens (including phenoxy) is 2. The SMILES string of the molecule is CCCN(CC)CC1COC2(CCC(C(C)(C)C)=C(O)C2)O1. The highest BCUT2D eigenvalue weighted by molar-refractivity contribution is 5.20. The van der Waals surface area contributed by atoms with Gasteiger partial charge in [0.2, 0.25) is 0 Å². The Kier molecular flexibility index (Phi) is 5.57. The molecule has 0 saturated carbocycles. The lowest BCUT2D eigenvalue weighted by Crippen LogP contribution is -2.39. The summed E-state index contributed by atoms with van der Waals surface area (Å²) in [5, 5.41) is 10.4. The molecule has 0 aromatic carbocycles. The van der Waals surface area contributed by atoms with Crippen molar-refractivity contribution in [1.82, 2.24) is 4.90 Å². The fourth-order valence-corrected chi connectivity index (χ4v) is 3.63. The fourth-order valence-electron chi connectivity index (χ4n) is 3.63. The van der Waals surface area contributed by atoms with Gasteiger partial charge in [0.1, 0.15) is 0 Å². The summed E-state index contributed by atoms with van der Waals surface area (Å²) in [6.45, 7) is 14.5. The lowest BCUT2D eigenvalue weighted by molar-refractivity contribution is -0.181. The van der Waals surface area contributed by atoms with E-state index >= 15 is 0 Å². The van der Waals surface area contributed by atoms with Gasteiger partial charge in [0.05, 0.1) is 24.9 Å². The number of allylic oxidation sites excluding steroid dienone is 1. The predicted molar refractivity (Wildman–Crippen MR) is 88.9 cm³/mol. The number of aliphatic hydroxyl groups is 1. The molecular formula is C18H33NO3. The second-order valence-corrected chi connectivity index (χ2v) is 7.71. The highest BCUT2D eigenvalue weighted by atomic mass is 16.7. The molecule has 4 nitrogen and oxygen atoms in total. The third-order valence-corrected chi connectivity index (χ3v) is 4.81. The molecule has 0 bridgehead atoms. The van der Waals surface area contributed by atoms with Crippen molar-refractivity contribution in [3.63, 3.8) is 0 Å². The molecule has 0 aromatic rings. The molecule has 1 N–H and O–H groups in total. The van der Waals surface area contributed by atoms with Gasteiger partial charge in [-0.25, -0.2) is 0 Å². The standard InChI is InChI=1S/C18H33NO3/c1-6-10-19(7-2)12-14-13-21-18(22-14)9-8-15(16(20)11-18)17(3,4)5/h14,20H,6-13H2,1-5H3. The molecule has 1 spiro atoms. The first-order valence-corrected chi connectivity index (χ1v) is 8.75. The molecule has 128 valence electrons. The van der Waals surface area contributed by atoms with Crippen LogP contribution in [-0.4, -0.2) is 48.1 Å². The minimum absolute atomic E-state index is 0.0177. The van der Waals surface area contributed by atoms with E-state index in [2.05, 4.69) is 39.5 Å². The number of likely N-dealkylation sites (N-methyl/N-ethyl adjacent to an activating group) is 1. The topological polar surface area (TPSA) is 41.9 Å². The Hall–Kier alpha value is -0.580. The molecule has 1 fully saturated rings. The number of hydrogen-bond acceptors (Lipinski definition) is 4. The lowest BCUT2D eigenvalue weighted by atomic mass is 9.78. The van der Waals surface area contributed by atoms with Gasteiger partial charge in [-0.2, -0.15) is 0 Å². The van der Waals surface area contributed by atoms with Crippen LogP contribution in [0.25, 0.3) is 0 Å². The Balaban J connectivity index is 1.97. The third-order valence-electron chi connectivity index (χ3n) is 4.81. The van der Waals surface area contributed by atoms with Crippen molar-refractivity contribution < 1.29 is 14.6 Å². The molecule has 0 amide bonds. The molecule has 0 radical (unpaired) electrons. The zero-order valence-corrected chi connectivity index (χ0v) is 14.9. The smallest absolute Gasteiger partial charge is 0.176 e. The van der Waals surface area contributed by atoms with Gasteiger partial charge in [-0.1, -0.05) is 34.6 Å². The molecule has 22 heavy (non-hydrogen) atoms. The van der Waals surface area contributed by atoms with Crippen LogP contribution >= 0.6 is 0 Å². The van der Waals surface area contributed by atoms with Gasteiger partial charge in [0.25, 0.3) is 0 Å². The first-order valence-electron chi connectivity index (χ1n) is 8.75. The zero-order chi connectivity index (χ0) is 16.4. The van der Waals surface area contributed by atoms with E-state index in [1.54, 1.807) is 0 Å². The average Bonchev–Trinajstić information content (AvgIpc) is 2.79. The maximum absolute atomic E-state index is 10.4. The molecule has 1 aliphatic carbocycles. The Bertz CT molecular complexity index is 413. The van der Waals surface area contributed by atoms with Crippen molar-refractivity contribution in [2.24, 2.45) is 5.41 Å². The summed E-state index contributed by atoms with van der Waals surface area (Å²) in [5.41, 5.74) is 1.17. The van der Waals surface area contributed by atoms with Crippen LogP contribution in [0.4, 0.5) is 0 Å². The summed E-state index contributed by atoms with van der Waals surface area (Å²) < 4.78 is 12.2. The number of rotatable bonds is 5. The zero-order valence-electron chi connectivity index (χ0n) is 14.9. The lowest BCUT2D eigenvalue weighted by Gasteiger charge is -2.37. The highest BCUT2D eigenvalue weighted by Gasteiger charge is 2.46. The van der Waals surface area contributed by atoms with Gasteiger partial charge in [-0.15, -0.1) is 0 Å². The van der Waals surface area contributed by atoms with Crippen LogP contribution in [0.1, 0.15) is 60.3 Å². The minimum Gasteiger partial charge on any atom is -0.512 e. The van der Waals surface area contributed by atoms with Crippen LogP contribution in [0.15, 0.2) is 11.3 Å². The van der Waals surface area contributed by atoms with Crippen molar-refractivity contribution in [3.8, 4) is 0 Å². The van der Waals surface area contributed by atoms with Crippen molar-refractivity contribution in [1.29, 1.82) is 0 Å². The summed E-state index contributed by atoms with van der Waals surface area (Å²) in [5.74, 6) is -0.116. The molecular weight excluding hydrogens is 278 g/mol. The van der Waals surface area contributed by atoms with Crippen LogP contribution in [0.3, 0.4) is 0 Å². The van der Waals surface area contributed by atoms with Gasteiger partial charge in [-0.05, 0) is 36.9 Å². The largest absolute Gasteiger partial charge is 0.512 e. The maximum atomic E-state index is 10.4. The average molecular weight is 311 g/mol. The Morgan fingerprint density at radius 1 is 1.32 bits per heavy atom. The molecule has 0 aromatic heterocycles. The molecule has 2 unspecified atom stereocenters. The first-order chi connectivity index (χ1) is 10.3. The van der Waals surface area contributed by atoms with Crippen molar-refractivity contribution in [2.45, 2.75) is 72.2 Å². The van der Waals surface area contributed by atoms with Gasteiger partial charge < -0.3 is 19.5 Å². The van der Waals surface area contributed by atoms with Crippen LogP contribution in [0.5, 0.6) is 0 Å². The van der Waals surface area contributed by atoms with Crippen LogP contribution in [0, 0.1) is 5.41 Å². The Morgan fingerprint density at radius 2 is 2.05 bits per heavy atom. The van der Waals surface area contributed by atoms with E-state index in [-0.39, 0.29) is 11.5 Å². The number of hydrogen-bond donors (Lipinski definition) is 1. The van der Waals surface area contributed by atoms with E-state index in [1.807, 2.05) is 0 Å². The Labute approximate surface area is 135 Å². The normalized spacial score (nSPS) is 29.8.